The third-order valence-electron chi connectivity index (χ3n) is 3.84. The van der Waals surface area contributed by atoms with E-state index >= 15 is 0 Å². The molecule has 2 unspecified atom stereocenters. The molecule has 7 heteroatoms. The molecule has 130 valence electrons. The van der Waals surface area contributed by atoms with Crippen molar-refractivity contribution in [1.29, 1.82) is 0 Å². The highest BCUT2D eigenvalue weighted by molar-refractivity contribution is 5.96. The van der Waals surface area contributed by atoms with Crippen LogP contribution in [0.25, 0.3) is 0 Å². The molecule has 0 aromatic heterocycles. The Kier molecular flexibility index (Phi) is 5.31. The quantitative estimate of drug-likeness (QED) is 0.449. The smallest absolute Gasteiger partial charge is 0.354 e. The van der Waals surface area contributed by atoms with E-state index in [1.165, 1.54) is 48.5 Å². The van der Waals surface area contributed by atoms with Gasteiger partial charge in [0.05, 0.1) is 7.11 Å². The minimum atomic E-state index is -2.93. The molecule has 7 nitrogen and oxygen atoms in total. The number of hydrogen-bond donors (Lipinski definition) is 2. The average Bonchev–Trinajstić information content (AvgIpc) is 2.67. The van der Waals surface area contributed by atoms with Crippen LogP contribution in [0.3, 0.4) is 0 Å². The van der Waals surface area contributed by atoms with Crippen LogP contribution < -0.4 is 0 Å². The van der Waals surface area contributed by atoms with Crippen LogP contribution in [0.5, 0.6) is 0 Å². The number of aliphatic hydroxyl groups is 2. The van der Waals surface area contributed by atoms with E-state index in [0.717, 1.165) is 7.11 Å². The maximum Gasteiger partial charge on any atom is 0.354 e. The third-order valence-corrected chi connectivity index (χ3v) is 3.84. The highest BCUT2D eigenvalue weighted by Crippen LogP contribution is 2.42. The van der Waals surface area contributed by atoms with Gasteiger partial charge in [0.2, 0.25) is 11.2 Å². The van der Waals surface area contributed by atoms with Crippen LogP contribution >= 0.6 is 0 Å². The first-order valence-corrected chi connectivity index (χ1v) is 7.21. The molecule has 0 aliphatic rings. The number of methoxy groups -OCH3 is 1. The molecular formula is C18H16O7. The normalized spacial score (nSPS) is 15.3. The Hall–Kier alpha value is -3.03. The van der Waals surface area contributed by atoms with Crippen molar-refractivity contribution in [1.82, 2.24) is 0 Å². The molecule has 2 rings (SSSR count). The molecule has 0 spiro atoms. The maximum absolute atomic E-state index is 12.4. The zero-order chi connectivity index (χ0) is 18.5. The summed E-state index contributed by atoms with van der Waals surface area (Å²) in [6, 6.07) is 14.5. The summed E-state index contributed by atoms with van der Waals surface area (Å²) in [6.07, 6.45) is 0. The molecule has 2 aromatic carbocycles. The molecule has 0 saturated carbocycles. The summed E-state index contributed by atoms with van der Waals surface area (Å²) in [5.74, 6) is -2.82. The summed E-state index contributed by atoms with van der Waals surface area (Å²) >= 11 is 0. The van der Waals surface area contributed by atoms with Crippen LogP contribution in [0, 0.1) is 0 Å². The zero-order valence-corrected chi connectivity index (χ0v) is 13.3. The lowest BCUT2D eigenvalue weighted by Crippen LogP contribution is -2.60. The van der Waals surface area contributed by atoms with Crippen molar-refractivity contribution in [3.63, 3.8) is 0 Å². The first kappa shape index (κ1) is 18.3. The molecule has 0 aliphatic heterocycles. The van der Waals surface area contributed by atoms with E-state index in [-0.39, 0.29) is 17.6 Å². The minimum absolute atomic E-state index is 0.115. The molecule has 0 radical (unpaired) electrons. The Bertz CT molecular complexity index is 760. The minimum Gasteiger partial charge on any atom is -0.467 e. The molecule has 0 aliphatic carbocycles. The van der Waals surface area contributed by atoms with Gasteiger partial charge in [-0.15, -0.1) is 0 Å². The van der Waals surface area contributed by atoms with Gasteiger partial charge >= 0.3 is 18.4 Å². The van der Waals surface area contributed by atoms with Gasteiger partial charge in [0.15, 0.2) is 0 Å². The Morgan fingerprint density at radius 1 is 0.840 bits per heavy atom. The largest absolute Gasteiger partial charge is 0.467 e. The van der Waals surface area contributed by atoms with Crippen LogP contribution in [0.15, 0.2) is 60.7 Å². The van der Waals surface area contributed by atoms with Gasteiger partial charge in [0, 0.05) is 0 Å². The Balaban J connectivity index is 2.81. The summed E-state index contributed by atoms with van der Waals surface area (Å²) < 4.78 is 8.91. The van der Waals surface area contributed by atoms with Gasteiger partial charge in [-0.3, -0.25) is 4.79 Å². The lowest BCUT2D eigenvalue weighted by atomic mass is 9.73. The van der Waals surface area contributed by atoms with Crippen molar-refractivity contribution in [2.24, 2.45) is 0 Å². The van der Waals surface area contributed by atoms with Gasteiger partial charge in [0.1, 0.15) is 0 Å². The topological polar surface area (TPSA) is 110 Å². The standard InChI is InChI=1S/C18H16O7/c1-24-15(20)17(22,13-8-4-2-5-9-13)18(23,16(21)25-12-19)14-10-6-3-7-11-14/h2-12,22-23H,1H3. The number of esters is 2. The molecule has 2 N–H and O–H groups in total. The molecular weight excluding hydrogens is 328 g/mol. The number of ether oxygens (including phenoxy) is 2. The van der Waals surface area contributed by atoms with Crippen LogP contribution in [-0.4, -0.2) is 35.7 Å². The van der Waals surface area contributed by atoms with Gasteiger partial charge in [-0.25, -0.2) is 9.59 Å². The lowest BCUT2D eigenvalue weighted by molar-refractivity contribution is -0.217. The van der Waals surface area contributed by atoms with Crippen molar-refractivity contribution < 1.29 is 34.1 Å². The average molecular weight is 344 g/mol. The second-order valence-electron chi connectivity index (χ2n) is 5.15. The van der Waals surface area contributed by atoms with Crippen LogP contribution in [0.1, 0.15) is 11.1 Å². The number of carbonyl (C=O) groups is 3. The van der Waals surface area contributed by atoms with E-state index in [2.05, 4.69) is 9.47 Å². The highest BCUT2D eigenvalue weighted by atomic mass is 16.6. The van der Waals surface area contributed by atoms with Crippen molar-refractivity contribution >= 4 is 18.4 Å². The molecule has 2 aromatic rings. The summed E-state index contributed by atoms with van der Waals surface area (Å²) in [5.41, 5.74) is -6.05. The third kappa shape index (κ3) is 2.90. The molecule has 0 bridgehead atoms. The van der Waals surface area contributed by atoms with Crippen LogP contribution in [-0.2, 0) is 35.1 Å². The molecule has 0 saturated heterocycles. The van der Waals surface area contributed by atoms with E-state index in [1.54, 1.807) is 12.1 Å². The van der Waals surface area contributed by atoms with Crippen LogP contribution in [0.2, 0.25) is 0 Å². The predicted molar refractivity (Wildman–Crippen MR) is 84.8 cm³/mol. The second kappa shape index (κ2) is 7.25. The Morgan fingerprint density at radius 2 is 1.24 bits per heavy atom. The van der Waals surface area contributed by atoms with Gasteiger partial charge < -0.3 is 19.7 Å². The fourth-order valence-electron chi connectivity index (χ4n) is 2.58. The van der Waals surface area contributed by atoms with Crippen LogP contribution in [0.4, 0.5) is 0 Å². The number of hydrogen-bond acceptors (Lipinski definition) is 7. The Labute approximate surface area is 143 Å². The fourth-order valence-corrected chi connectivity index (χ4v) is 2.58. The molecule has 2 atom stereocenters. The summed E-state index contributed by atoms with van der Waals surface area (Å²) in [7, 11) is 0.993. The molecule has 0 amide bonds. The summed E-state index contributed by atoms with van der Waals surface area (Å²) in [4.78, 5) is 35.5. The number of rotatable bonds is 6. The molecule has 25 heavy (non-hydrogen) atoms. The van der Waals surface area contributed by atoms with Gasteiger partial charge in [-0.1, -0.05) is 60.7 Å². The van der Waals surface area contributed by atoms with Crippen molar-refractivity contribution in [2.45, 2.75) is 11.2 Å². The first-order valence-electron chi connectivity index (χ1n) is 7.21. The van der Waals surface area contributed by atoms with Crippen molar-refractivity contribution in [3.8, 4) is 0 Å². The van der Waals surface area contributed by atoms with Gasteiger partial charge in [0.25, 0.3) is 0 Å². The van der Waals surface area contributed by atoms with Gasteiger partial charge in [-0.05, 0) is 11.1 Å². The number of benzene rings is 2. The van der Waals surface area contributed by atoms with Crippen molar-refractivity contribution in [3.05, 3.63) is 71.8 Å². The van der Waals surface area contributed by atoms with E-state index < -0.39 is 23.1 Å². The maximum atomic E-state index is 12.4. The Morgan fingerprint density at radius 3 is 1.60 bits per heavy atom. The summed E-state index contributed by atoms with van der Waals surface area (Å²) in [5, 5.41) is 22.4. The van der Waals surface area contributed by atoms with E-state index in [0.29, 0.717) is 0 Å². The zero-order valence-electron chi connectivity index (χ0n) is 13.3. The highest BCUT2D eigenvalue weighted by Gasteiger charge is 2.64. The van der Waals surface area contributed by atoms with Crippen molar-refractivity contribution in [2.75, 3.05) is 7.11 Å². The van der Waals surface area contributed by atoms with E-state index in [9.17, 15) is 24.6 Å². The fraction of sp³-hybridized carbons (Fsp3) is 0.167. The summed E-state index contributed by atoms with van der Waals surface area (Å²) in [6.45, 7) is -0.196. The van der Waals surface area contributed by atoms with E-state index in [1.807, 2.05) is 0 Å². The van der Waals surface area contributed by atoms with Gasteiger partial charge in [-0.2, -0.15) is 0 Å². The predicted octanol–water partition coefficient (Wildman–Crippen LogP) is 0.635. The number of carbonyl (C=O) groups excluding carboxylic acids is 3. The lowest BCUT2D eigenvalue weighted by Gasteiger charge is -2.39. The first-order chi connectivity index (χ1) is 11.9. The second-order valence-corrected chi connectivity index (χ2v) is 5.15. The SMILES string of the molecule is COC(=O)C(O)(c1ccccc1)C(O)(C(=O)OC=O)c1ccccc1. The van der Waals surface area contributed by atoms with E-state index in [4.69, 9.17) is 0 Å². The molecule has 0 fully saturated rings. The monoisotopic (exact) mass is 344 g/mol. The molecule has 0 heterocycles.